The van der Waals surface area contributed by atoms with Gasteiger partial charge in [-0.1, -0.05) is 64.8 Å². The highest BCUT2D eigenvalue weighted by Gasteiger charge is 2.38. The number of hydrogen-bond acceptors (Lipinski definition) is 0. The van der Waals surface area contributed by atoms with Gasteiger partial charge in [0.05, 0.1) is 0 Å². The largest absolute Gasteiger partial charge is 0.0922 e. The van der Waals surface area contributed by atoms with Gasteiger partial charge >= 0.3 is 0 Å². The van der Waals surface area contributed by atoms with Crippen molar-refractivity contribution in [3.05, 3.63) is 34.3 Å². The van der Waals surface area contributed by atoms with Gasteiger partial charge in [0.25, 0.3) is 0 Å². The van der Waals surface area contributed by atoms with Crippen LogP contribution >= 0.6 is 31.9 Å². The summed E-state index contributed by atoms with van der Waals surface area (Å²) in [5.41, 5.74) is 2.39. The molecule has 0 spiro atoms. The van der Waals surface area contributed by atoms with Crippen LogP contribution in [0.25, 0.3) is 0 Å². The van der Waals surface area contributed by atoms with E-state index < -0.39 is 0 Å². The van der Waals surface area contributed by atoms with Crippen LogP contribution in [-0.4, -0.2) is 5.33 Å². The number of alkyl halides is 1. The van der Waals surface area contributed by atoms with E-state index in [0.717, 1.165) is 11.2 Å². The quantitative estimate of drug-likeness (QED) is 0.499. The lowest BCUT2D eigenvalue weighted by Gasteiger charge is -2.43. The fourth-order valence-corrected chi connectivity index (χ4v) is 4.74. The van der Waals surface area contributed by atoms with Crippen molar-refractivity contribution >= 4 is 31.9 Å². The first-order valence-electron chi connectivity index (χ1n) is 7.65. The predicted octanol–water partition coefficient (Wildman–Crippen LogP) is 6.61. The minimum Gasteiger partial charge on any atom is -0.0922 e. The summed E-state index contributed by atoms with van der Waals surface area (Å²) in [4.78, 5) is 0. The van der Waals surface area contributed by atoms with E-state index in [-0.39, 0.29) is 0 Å². The van der Waals surface area contributed by atoms with Gasteiger partial charge in [-0.3, -0.25) is 0 Å². The lowest BCUT2D eigenvalue weighted by Crippen LogP contribution is -2.35. The zero-order valence-corrected chi connectivity index (χ0v) is 16.1. The topological polar surface area (TPSA) is 0 Å². The van der Waals surface area contributed by atoms with Gasteiger partial charge < -0.3 is 0 Å². The van der Waals surface area contributed by atoms with Gasteiger partial charge in [0.1, 0.15) is 0 Å². The van der Waals surface area contributed by atoms with E-state index in [4.69, 9.17) is 0 Å². The molecule has 0 aromatic heterocycles. The summed E-state index contributed by atoms with van der Waals surface area (Å²) in [6.45, 7) is 7.19. The average Bonchev–Trinajstić information content (AvgIpc) is 2.38. The molecule has 0 bridgehead atoms. The Labute approximate surface area is 141 Å². The highest BCUT2D eigenvalue weighted by Crippen LogP contribution is 2.47. The average molecular weight is 402 g/mol. The third-order valence-electron chi connectivity index (χ3n) is 5.02. The highest BCUT2D eigenvalue weighted by molar-refractivity contribution is 9.10. The van der Waals surface area contributed by atoms with Crippen LogP contribution in [0.15, 0.2) is 28.7 Å². The van der Waals surface area contributed by atoms with Crippen molar-refractivity contribution in [3.8, 4) is 0 Å². The van der Waals surface area contributed by atoms with E-state index in [0.29, 0.717) is 10.8 Å². The maximum Gasteiger partial charge on any atom is 0.0177 e. The minimum atomic E-state index is 0.461. The van der Waals surface area contributed by atoms with Crippen molar-refractivity contribution in [2.45, 2.75) is 52.9 Å². The van der Waals surface area contributed by atoms with Crippen molar-refractivity contribution in [3.63, 3.8) is 0 Å². The summed E-state index contributed by atoms with van der Waals surface area (Å²) in [5.74, 6) is 0.886. The molecule has 0 radical (unpaired) electrons. The lowest BCUT2D eigenvalue weighted by molar-refractivity contribution is 0.103. The van der Waals surface area contributed by atoms with E-state index in [9.17, 15) is 0 Å². The molecule has 0 aliphatic heterocycles. The summed E-state index contributed by atoms with van der Waals surface area (Å²) in [5, 5.41) is 1.13. The molecule has 1 aromatic carbocycles. The Morgan fingerprint density at radius 1 is 1.20 bits per heavy atom. The fraction of sp³-hybridized carbons (Fsp3) is 0.667. The Hall–Kier alpha value is 0.180. The molecule has 0 saturated heterocycles. The molecule has 2 heteroatoms. The van der Waals surface area contributed by atoms with Crippen molar-refractivity contribution < 1.29 is 0 Å². The SMILES string of the molecule is CC(C)(C)C1CCC(CBr)(Cc2cccc(Br)c2)CC1. The first kappa shape index (κ1) is 16.5. The van der Waals surface area contributed by atoms with Crippen molar-refractivity contribution in [1.29, 1.82) is 0 Å². The van der Waals surface area contributed by atoms with Crippen LogP contribution in [0.1, 0.15) is 52.0 Å². The molecule has 0 amide bonds. The molecule has 20 heavy (non-hydrogen) atoms. The molecule has 112 valence electrons. The van der Waals surface area contributed by atoms with Crippen LogP contribution in [0, 0.1) is 16.7 Å². The molecule has 1 aliphatic rings. The fourth-order valence-electron chi connectivity index (χ4n) is 3.53. The second-order valence-electron chi connectivity index (χ2n) is 7.58. The summed E-state index contributed by atoms with van der Waals surface area (Å²) >= 11 is 7.39. The van der Waals surface area contributed by atoms with Gasteiger partial charge in [0.2, 0.25) is 0 Å². The third-order valence-corrected chi connectivity index (χ3v) is 6.71. The van der Waals surface area contributed by atoms with Crippen molar-refractivity contribution in [1.82, 2.24) is 0 Å². The predicted molar refractivity (Wildman–Crippen MR) is 95.5 cm³/mol. The van der Waals surface area contributed by atoms with Crippen LogP contribution in [0.5, 0.6) is 0 Å². The van der Waals surface area contributed by atoms with Gasteiger partial charge in [-0.05, 0) is 66.5 Å². The first-order chi connectivity index (χ1) is 9.35. The van der Waals surface area contributed by atoms with Gasteiger partial charge in [-0.25, -0.2) is 0 Å². The van der Waals surface area contributed by atoms with Gasteiger partial charge in [-0.15, -0.1) is 0 Å². The molecular weight excluding hydrogens is 376 g/mol. The standard InChI is InChI=1S/C18H26Br2/c1-17(2,3)15-7-9-18(13-19,10-8-15)12-14-5-4-6-16(20)11-14/h4-6,11,15H,7-10,12-13H2,1-3H3. The smallest absolute Gasteiger partial charge is 0.0177 e. The maximum atomic E-state index is 3.80. The molecule has 1 aromatic rings. The Bertz CT molecular complexity index is 437. The number of benzene rings is 1. The van der Waals surface area contributed by atoms with Crippen LogP contribution in [0.4, 0.5) is 0 Å². The Kier molecular flexibility index (Phi) is 5.40. The minimum absolute atomic E-state index is 0.461. The Morgan fingerprint density at radius 2 is 1.85 bits per heavy atom. The van der Waals surface area contributed by atoms with E-state index >= 15 is 0 Å². The van der Waals surface area contributed by atoms with Gasteiger partial charge in [0.15, 0.2) is 0 Å². The highest BCUT2D eigenvalue weighted by atomic mass is 79.9. The molecule has 0 atom stereocenters. The number of hydrogen-bond donors (Lipinski definition) is 0. The van der Waals surface area contributed by atoms with Gasteiger partial charge in [-0.2, -0.15) is 0 Å². The van der Waals surface area contributed by atoms with Crippen LogP contribution in [0.2, 0.25) is 0 Å². The maximum absolute atomic E-state index is 3.80. The van der Waals surface area contributed by atoms with Crippen molar-refractivity contribution in [2.24, 2.45) is 16.7 Å². The molecular formula is C18H26Br2. The monoisotopic (exact) mass is 400 g/mol. The number of rotatable bonds is 3. The summed E-state index contributed by atoms with van der Waals surface area (Å²) in [6, 6.07) is 8.81. The molecule has 1 fully saturated rings. The van der Waals surface area contributed by atoms with E-state index in [1.807, 2.05) is 0 Å². The molecule has 1 aliphatic carbocycles. The van der Waals surface area contributed by atoms with Crippen LogP contribution in [0.3, 0.4) is 0 Å². The lowest BCUT2D eigenvalue weighted by atomic mass is 9.63. The number of halogens is 2. The second-order valence-corrected chi connectivity index (χ2v) is 9.06. The summed E-state index contributed by atoms with van der Waals surface area (Å²) in [6.07, 6.45) is 6.67. The van der Waals surface area contributed by atoms with E-state index in [2.05, 4.69) is 76.9 Å². The Morgan fingerprint density at radius 3 is 2.35 bits per heavy atom. The van der Waals surface area contributed by atoms with Crippen LogP contribution < -0.4 is 0 Å². The second kappa shape index (κ2) is 6.52. The molecule has 0 unspecified atom stereocenters. The summed E-state index contributed by atoms with van der Waals surface area (Å²) in [7, 11) is 0. The zero-order valence-electron chi connectivity index (χ0n) is 12.9. The molecule has 2 rings (SSSR count). The van der Waals surface area contributed by atoms with Gasteiger partial charge in [0, 0.05) is 9.80 Å². The zero-order chi connectivity index (χ0) is 14.8. The normalized spacial score (nSPS) is 27.6. The molecule has 0 N–H and O–H groups in total. The van der Waals surface area contributed by atoms with E-state index in [1.54, 1.807) is 0 Å². The first-order valence-corrected chi connectivity index (χ1v) is 9.57. The van der Waals surface area contributed by atoms with Crippen LogP contribution in [-0.2, 0) is 6.42 Å². The van der Waals surface area contributed by atoms with E-state index in [1.165, 1.54) is 42.1 Å². The van der Waals surface area contributed by atoms with Crippen molar-refractivity contribution in [2.75, 3.05) is 5.33 Å². The summed E-state index contributed by atoms with van der Waals surface area (Å²) < 4.78 is 1.20. The third kappa shape index (κ3) is 4.10. The Balaban J connectivity index is 2.05. The molecule has 0 nitrogen and oxygen atoms in total. The molecule has 0 heterocycles. The molecule has 1 saturated carbocycles.